The van der Waals surface area contributed by atoms with Gasteiger partial charge in [0.2, 0.25) is 0 Å². The minimum absolute atomic E-state index is 0.793. The van der Waals surface area contributed by atoms with Crippen LogP contribution >= 0.6 is 0 Å². The average Bonchev–Trinajstić information content (AvgIpc) is 2.37. The summed E-state index contributed by atoms with van der Waals surface area (Å²) in [7, 11) is 0. The van der Waals surface area contributed by atoms with Crippen molar-refractivity contribution in [1.29, 1.82) is 0 Å². The van der Waals surface area contributed by atoms with E-state index in [1.165, 1.54) is 77.0 Å². The third-order valence-corrected chi connectivity index (χ3v) is 3.68. The van der Waals surface area contributed by atoms with Gasteiger partial charge >= 0.3 is 0 Å². The van der Waals surface area contributed by atoms with Gasteiger partial charge in [-0.25, -0.2) is 0 Å². The van der Waals surface area contributed by atoms with Crippen molar-refractivity contribution in [3.63, 3.8) is 0 Å². The lowest BCUT2D eigenvalue weighted by Crippen LogP contribution is -1.90. The molecule has 0 N–H and O–H groups in total. The zero-order valence-corrected chi connectivity index (χ0v) is 13.2. The fourth-order valence-electron chi connectivity index (χ4n) is 2.37. The van der Waals surface area contributed by atoms with E-state index in [0.29, 0.717) is 0 Å². The molecule has 0 spiro atoms. The van der Waals surface area contributed by atoms with Gasteiger partial charge < -0.3 is 0 Å². The standard InChI is InChI=1S/C18H36/c1-4-6-8-9-10-11-12-13-15-17-18(3)16-14-7-5-2/h14,16,18H,4-13,15,17H2,1-3H3. The summed E-state index contributed by atoms with van der Waals surface area (Å²) in [5.41, 5.74) is 0. The van der Waals surface area contributed by atoms with Gasteiger partial charge in [-0.15, -0.1) is 0 Å². The van der Waals surface area contributed by atoms with E-state index < -0.39 is 0 Å². The number of unbranched alkanes of at least 4 members (excludes halogenated alkanes) is 9. The minimum Gasteiger partial charge on any atom is -0.0883 e. The molecule has 0 aliphatic heterocycles. The second-order valence-corrected chi connectivity index (χ2v) is 5.81. The summed E-state index contributed by atoms with van der Waals surface area (Å²) in [4.78, 5) is 0. The molecule has 0 nitrogen and oxygen atoms in total. The van der Waals surface area contributed by atoms with E-state index in [1.807, 2.05) is 0 Å². The van der Waals surface area contributed by atoms with E-state index >= 15 is 0 Å². The first-order valence-corrected chi connectivity index (χ1v) is 8.47. The van der Waals surface area contributed by atoms with E-state index in [9.17, 15) is 0 Å². The number of rotatable bonds is 13. The topological polar surface area (TPSA) is 0 Å². The van der Waals surface area contributed by atoms with Crippen molar-refractivity contribution < 1.29 is 0 Å². The molecule has 0 heteroatoms. The molecule has 0 radical (unpaired) electrons. The lowest BCUT2D eigenvalue weighted by atomic mass is 10.0. The van der Waals surface area contributed by atoms with Crippen LogP contribution in [0.5, 0.6) is 0 Å². The van der Waals surface area contributed by atoms with Gasteiger partial charge in [-0.3, -0.25) is 0 Å². The van der Waals surface area contributed by atoms with Crippen molar-refractivity contribution >= 4 is 0 Å². The van der Waals surface area contributed by atoms with Crippen LogP contribution in [0.1, 0.15) is 97.8 Å². The molecule has 0 amide bonds. The van der Waals surface area contributed by atoms with Crippen molar-refractivity contribution in [1.82, 2.24) is 0 Å². The third-order valence-electron chi connectivity index (χ3n) is 3.68. The van der Waals surface area contributed by atoms with E-state index in [4.69, 9.17) is 0 Å². The van der Waals surface area contributed by atoms with Gasteiger partial charge in [0, 0.05) is 0 Å². The fraction of sp³-hybridized carbons (Fsp3) is 0.889. The van der Waals surface area contributed by atoms with Gasteiger partial charge in [0.05, 0.1) is 0 Å². The van der Waals surface area contributed by atoms with Crippen molar-refractivity contribution in [2.45, 2.75) is 97.8 Å². The molecule has 108 valence electrons. The Morgan fingerprint density at radius 1 is 0.722 bits per heavy atom. The Kier molecular flexibility index (Phi) is 14.6. The molecule has 0 bridgehead atoms. The van der Waals surface area contributed by atoms with Crippen molar-refractivity contribution in [2.24, 2.45) is 5.92 Å². The molecule has 1 atom stereocenters. The monoisotopic (exact) mass is 252 g/mol. The summed E-state index contributed by atoms with van der Waals surface area (Å²) in [5.74, 6) is 0.793. The Bertz CT molecular complexity index is 169. The van der Waals surface area contributed by atoms with E-state index in [0.717, 1.165) is 5.92 Å². The average molecular weight is 252 g/mol. The van der Waals surface area contributed by atoms with Crippen molar-refractivity contribution in [3.8, 4) is 0 Å². The molecular formula is C18H36. The summed E-state index contributed by atoms with van der Waals surface area (Å²) in [5, 5.41) is 0. The SMILES string of the molecule is CCCC=CC(C)CCCCCCCCCCC. The number of hydrogen-bond donors (Lipinski definition) is 0. The molecule has 18 heavy (non-hydrogen) atoms. The van der Waals surface area contributed by atoms with Gasteiger partial charge in [0.1, 0.15) is 0 Å². The molecule has 0 aromatic carbocycles. The molecule has 0 aliphatic rings. The van der Waals surface area contributed by atoms with Crippen LogP contribution < -0.4 is 0 Å². The lowest BCUT2D eigenvalue weighted by Gasteiger charge is -2.06. The van der Waals surface area contributed by atoms with Crippen molar-refractivity contribution in [3.05, 3.63) is 12.2 Å². The van der Waals surface area contributed by atoms with Crippen LogP contribution in [0.2, 0.25) is 0 Å². The fourth-order valence-corrected chi connectivity index (χ4v) is 2.37. The van der Waals surface area contributed by atoms with E-state index in [-0.39, 0.29) is 0 Å². The number of hydrogen-bond acceptors (Lipinski definition) is 0. The molecule has 1 unspecified atom stereocenters. The zero-order valence-electron chi connectivity index (χ0n) is 13.2. The first-order chi connectivity index (χ1) is 8.81. The van der Waals surface area contributed by atoms with Gasteiger partial charge in [-0.1, -0.05) is 97.1 Å². The number of allylic oxidation sites excluding steroid dienone is 2. The Labute approximate surface area is 116 Å². The predicted molar refractivity (Wildman–Crippen MR) is 85.1 cm³/mol. The van der Waals surface area contributed by atoms with E-state index in [2.05, 4.69) is 32.9 Å². The molecule has 0 saturated heterocycles. The maximum absolute atomic E-state index is 2.41. The Hall–Kier alpha value is -0.260. The highest BCUT2D eigenvalue weighted by atomic mass is 14.0. The van der Waals surface area contributed by atoms with Gasteiger partial charge in [-0.2, -0.15) is 0 Å². The Morgan fingerprint density at radius 2 is 1.28 bits per heavy atom. The summed E-state index contributed by atoms with van der Waals surface area (Å²) >= 11 is 0. The zero-order chi connectivity index (χ0) is 13.5. The summed E-state index contributed by atoms with van der Waals surface area (Å²) in [6.45, 7) is 6.89. The second kappa shape index (κ2) is 14.8. The normalized spacial score (nSPS) is 13.3. The van der Waals surface area contributed by atoms with Crippen molar-refractivity contribution in [2.75, 3.05) is 0 Å². The molecule has 0 aromatic heterocycles. The van der Waals surface area contributed by atoms with Crippen LogP contribution in [-0.2, 0) is 0 Å². The highest BCUT2D eigenvalue weighted by molar-refractivity contribution is 4.85. The quantitative estimate of drug-likeness (QED) is 0.247. The van der Waals surface area contributed by atoms with Crippen LogP contribution in [0.4, 0.5) is 0 Å². The molecule has 0 heterocycles. The maximum atomic E-state index is 2.41. The Balaban J connectivity index is 3.14. The molecular weight excluding hydrogens is 216 g/mol. The minimum atomic E-state index is 0.793. The lowest BCUT2D eigenvalue weighted by molar-refractivity contribution is 0.528. The van der Waals surface area contributed by atoms with Crippen LogP contribution in [0, 0.1) is 5.92 Å². The summed E-state index contributed by atoms with van der Waals surface area (Å²) < 4.78 is 0. The van der Waals surface area contributed by atoms with Gasteiger partial charge in [0.25, 0.3) is 0 Å². The van der Waals surface area contributed by atoms with Crippen LogP contribution in [-0.4, -0.2) is 0 Å². The smallest absolute Gasteiger partial charge is 0.0262 e. The molecule has 0 rings (SSSR count). The van der Waals surface area contributed by atoms with Crippen LogP contribution in [0.3, 0.4) is 0 Å². The van der Waals surface area contributed by atoms with E-state index in [1.54, 1.807) is 0 Å². The first-order valence-electron chi connectivity index (χ1n) is 8.47. The second-order valence-electron chi connectivity index (χ2n) is 5.81. The van der Waals surface area contributed by atoms with Crippen LogP contribution in [0.15, 0.2) is 12.2 Å². The molecule has 0 saturated carbocycles. The van der Waals surface area contributed by atoms with Gasteiger partial charge in [0.15, 0.2) is 0 Å². The molecule has 0 fully saturated rings. The first kappa shape index (κ1) is 17.7. The summed E-state index contributed by atoms with van der Waals surface area (Å²) in [6.07, 6.45) is 21.6. The Morgan fingerprint density at radius 3 is 1.83 bits per heavy atom. The third kappa shape index (κ3) is 13.8. The maximum Gasteiger partial charge on any atom is -0.0262 e. The van der Waals surface area contributed by atoms with Crippen LogP contribution in [0.25, 0.3) is 0 Å². The predicted octanol–water partition coefficient (Wildman–Crippen LogP) is 6.90. The highest BCUT2D eigenvalue weighted by Gasteiger charge is 1.97. The highest BCUT2D eigenvalue weighted by Crippen LogP contribution is 2.14. The summed E-state index contributed by atoms with van der Waals surface area (Å²) in [6, 6.07) is 0. The molecule has 0 aliphatic carbocycles. The molecule has 0 aromatic rings. The van der Waals surface area contributed by atoms with Gasteiger partial charge in [-0.05, 0) is 18.8 Å². The largest absolute Gasteiger partial charge is 0.0883 e.